The molecule has 1 unspecified atom stereocenters. The van der Waals surface area contributed by atoms with Crippen molar-refractivity contribution in [2.45, 2.75) is 6.42 Å². The van der Waals surface area contributed by atoms with Gasteiger partial charge in [-0.25, -0.2) is 4.98 Å². The van der Waals surface area contributed by atoms with Crippen molar-refractivity contribution in [3.63, 3.8) is 0 Å². The molecule has 0 aromatic carbocycles. The number of anilines is 1. The molecule has 1 aromatic heterocycles. The Morgan fingerprint density at radius 1 is 1.65 bits per heavy atom. The van der Waals surface area contributed by atoms with Crippen molar-refractivity contribution in [1.29, 1.82) is 0 Å². The van der Waals surface area contributed by atoms with Crippen molar-refractivity contribution in [3.8, 4) is 0 Å². The fraction of sp³-hybridized carbons (Fsp3) is 0.400. The van der Waals surface area contributed by atoms with E-state index in [2.05, 4.69) is 15.0 Å². The largest absolute Gasteiger partial charge is 0.312 e. The van der Waals surface area contributed by atoms with E-state index in [1.807, 2.05) is 0 Å². The molecule has 0 bridgehead atoms. The Morgan fingerprint density at radius 3 is 3.05 bits per heavy atom. The summed E-state index contributed by atoms with van der Waals surface area (Å²) in [6, 6.07) is 2.50. The van der Waals surface area contributed by atoms with E-state index >= 15 is 0 Å². The molecule has 0 N–H and O–H groups in total. The van der Waals surface area contributed by atoms with Crippen LogP contribution in [0, 0.1) is 16.0 Å². The predicted octanol–water partition coefficient (Wildman–Crippen LogP) is 2.31. The van der Waals surface area contributed by atoms with E-state index in [0.717, 1.165) is 0 Å². The van der Waals surface area contributed by atoms with Crippen LogP contribution in [0.3, 0.4) is 0 Å². The number of nitrogens with zero attached hydrogens (tertiary/aromatic N) is 6. The third-order valence-corrected chi connectivity index (χ3v) is 3.09. The summed E-state index contributed by atoms with van der Waals surface area (Å²) in [5, 5.41) is 14.4. The molecular weight excluding hydrogens is 288 g/mol. The number of nitro groups is 1. The van der Waals surface area contributed by atoms with Crippen LogP contribution in [0.4, 0.5) is 11.5 Å². The Morgan fingerprint density at radius 2 is 2.40 bits per heavy atom. The van der Waals surface area contributed by atoms with Crippen LogP contribution in [0.1, 0.15) is 6.42 Å². The van der Waals surface area contributed by atoms with Gasteiger partial charge in [-0.05, 0) is 17.5 Å². The van der Waals surface area contributed by atoms with Crippen LogP contribution in [0.2, 0.25) is 5.15 Å². The van der Waals surface area contributed by atoms with Gasteiger partial charge in [0, 0.05) is 30.5 Å². The first kappa shape index (κ1) is 14.0. The molecule has 1 saturated heterocycles. The molecule has 0 spiro atoms. The van der Waals surface area contributed by atoms with Crippen LogP contribution in [-0.4, -0.2) is 28.9 Å². The lowest BCUT2D eigenvalue weighted by atomic mass is 10.1. The summed E-state index contributed by atoms with van der Waals surface area (Å²) in [5.41, 5.74) is 7.98. The van der Waals surface area contributed by atoms with Crippen LogP contribution >= 0.6 is 11.6 Å². The molecule has 1 fully saturated rings. The monoisotopic (exact) mass is 296 g/mol. The van der Waals surface area contributed by atoms with Gasteiger partial charge in [0.05, 0.1) is 4.92 Å². The molecular formula is C10H9ClN6O3. The third-order valence-electron chi connectivity index (χ3n) is 2.88. The molecule has 20 heavy (non-hydrogen) atoms. The lowest BCUT2D eigenvalue weighted by Crippen LogP contribution is -2.26. The number of azide groups is 1. The first-order valence-electron chi connectivity index (χ1n) is 5.65. The van der Waals surface area contributed by atoms with Crippen molar-refractivity contribution in [3.05, 3.63) is 37.8 Å². The summed E-state index contributed by atoms with van der Waals surface area (Å²) >= 11 is 5.73. The molecule has 2 rings (SSSR count). The zero-order chi connectivity index (χ0) is 14.7. The normalized spacial score (nSPS) is 17.9. The molecule has 9 nitrogen and oxygen atoms in total. The maximum Gasteiger partial charge on any atom is 0.312 e. The number of carbonyl (C=O) groups excluding carboxylic acids is 1. The number of pyridine rings is 1. The second-order valence-corrected chi connectivity index (χ2v) is 4.61. The van der Waals surface area contributed by atoms with E-state index in [1.165, 1.54) is 17.0 Å². The Bertz CT molecular complexity index is 615. The summed E-state index contributed by atoms with van der Waals surface area (Å²) in [7, 11) is 0. The molecule has 0 aliphatic carbocycles. The molecule has 1 aliphatic heterocycles. The predicted molar refractivity (Wildman–Crippen MR) is 70.4 cm³/mol. The third kappa shape index (κ3) is 2.79. The quantitative estimate of drug-likeness (QED) is 0.211. The molecule has 2 heterocycles. The summed E-state index contributed by atoms with van der Waals surface area (Å²) in [6.45, 7) is 0.374. The first-order valence-corrected chi connectivity index (χ1v) is 6.03. The SMILES string of the molecule is [N-]=[N+]=NCC1CC(=O)N(c2nc(Cl)ccc2[N+](=O)[O-])C1. The van der Waals surface area contributed by atoms with E-state index in [0.29, 0.717) is 0 Å². The maximum atomic E-state index is 11.9. The molecule has 1 aromatic rings. The average Bonchev–Trinajstić information content (AvgIpc) is 2.77. The Kier molecular flexibility index (Phi) is 4.02. The molecule has 0 radical (unpaired) electrons. The van der Waals surface area contributed by atoms with Gasteiger partial charge < -0.3 is 0 Å². The molecule has 104 valence electrons. The zero-order valence-electron chi connectivity index (χ0n) is 10.1. The second-order valence-electron chi connectivity index (χ2n) is 4.22. The van der Waals surface area contributed by atoms with E-state index < -0.39 is 4.92 Å². The summed E-state index contributed by atoms with van der Waals surface area (Å²) in [5.74, 6) is -0.560. The van der Waals surface area contributed by atoms with Gasteiger partial charge in [0.2, 0.25) is 11.7 Å². The summed E-state index contributed by atoms with van der Waals surface area (Å²) in [6.07, 6.45) is 0.157. The number of rotatable bonds is 4. The standard InChI is InChI=1S/C10H9ClN6O3/c11-8-2-1-7(17(19)20)10(14-8)16-5-6(3-9(16)18)4-13-15-12/h1-2,6H,3-5H2. The van der Waals surface area contributed by atoms with Crippen molar-refractivity contribution in [2.24, 2.45) is 11.0 Å². The lowest BCUT2D eigenvalue weighted by molar-refractivity contribution is -0.384. The highest BCUT2D eigenvalue weighted by atomic mass is 35.5. The Balaban J connectivity index is 2.32. The average molecular weight is 297 g/mol. The van der Waals surface area contributed by atoms with Crippen molar-refractivity contribution in [1.82, 2.24) is 4.98 Å². The fourth-order valence-electron chi connectivity index (χ4n) is 2.02. The van der Waals surface area contributed by atoms with E-state index in [-0.39, 0.29) is 48.0 Å². The topological polar surface area (TPSA) is 125 Å². The van der Waals surface area contributed by atoms with Crippen molar-refractivity contribution in [2.75, 3.05) is 18.0 Å². The Hall–Kier alpha value is -2.38. The fourth-order valence-corrected chi connectivity index (χ4v) is 2.16. The van der Waals surface area contributed by atoms with Crippen molar-refractivity contribution < 1.29 is 9.72 Å². The minimum absolute atomic E-state index is 0.0666. The lowest BCUT2D eigenvalue weighted by Gasteiger charge is -2.15. The summed E-state index contributed by atoms with van der Waals surface area (Å²) in [4.78, 5) is 30.0. The second kappa shape index (κ2) is 5.72. The zero-order valence-corrected chi connectivity index (χ0v) is 10.9. The molecule has 1 atom stereocenters. The van der Waals surface area contributed by atoms with Crippen LogP contribution in [-0.2, 0) is 4.79 Å². The van der Waals surface area contributed by atoms with Gasteiger partial charge in [0.25, 0.3) is 0 Å². The van der Waals surface area contributed by atoms with Gasteiger partial charge in [-0.1, -0.05) is 16.7 Å². The number of carbonyl (C=O) groups is 1. The minimum atomic E-state index is -0.618. The van der Waals surface area contributed by atoms with Gasteiger partial charge in [-0.15, -0.1) is 0 Å². The van der Waals surface area contributed by atoms with E-state index in [4.69, 9.17) is 17.1 Å². The maximum absolute atomic E-state index is 11.9. The summed E-state index contributed by atoms with van der Waals surface area (Å²) < 4.78 is 0. The van der Waals surface area contributed by atoms with Gasteiger partial charge in [-0.2, -0.15) is 0 Å². The molecule has 1 aliphatic rings. The Labute approximate surface area is 117 Å². The smallest absolute Gasteiger partial charge is 0.291 e. The number of halogens is 1. The molecule has 1 amide bonds. The number of hydrogen-bond donors (Lipinski definition) is 0. The van der Waals surface area contributed by atoms with Crippen LogP contribution < -0.4 is 4.90 Å². The van der Waals surface area contributed by atoms with Crippen LogP contribution in [0.25, 0.3) is 10.4 Å². The number of hydrogen-bond acceptors (Lipinski definition) is 5. The minimum Gasteiger partial charge on any atom is -0.291 e. The van der Waals surface area contributed by atoms with E-state index in [9.17, 15) is 14.9 Å². The van der Waals surface area contributed by atoms with Gasteiger partial charge >= 0.3 is 5.69 Å². The highest BCUT2D eigenvalue weighted by Crippen LogP contribution is 2.32. The van der Waals surface area contributed by atoms with Crippen LogP contribution in [0.15, 0.2) is 17.2 Å². The van der Waals surface area contributed by atoms with Crippen molar-refractivity contribution >= 4 is 29.0 Å². The van der Waals surface area contributed by atoms with Gasteiger partial charge in [-0.3, -0.25) is 19.8 Å². The van der Waals surface area contributed by atoms with E-state index in [1.54, 1.807) is 0 Å². The first-order chi connectivity index (χ1) is 9.52. The number of aromatic nitrogens is 1. The van der Waals surface area contributed by atoms with Gasteiger partial charge in [0.15, 0.2) is 0 Å². The highest BCUT2D eigenvalue weighted by molar-refractivity contribution is 6.29. The molecule has 10 heteroatoms. The van der Waals surface area contributed by atoms with Crippen LogP contribution in [0.5, 0.6) is 0 Å². The molecule has 0 saturated carbocycles. The number of amides is 1. The van der Waals surface area contributed by atoms with Gasteiger partial charge in [0.1, 0.15) is 5.15 Å². The highest BCUT2D eigenvalue weighted by Gasteiger charge is 2.35.